The number of rotatable bonds is 3. The van der Waals surface area contributed by atoms with Gasteiger partial charge in [-0.1, -0.05) is 24.3 Å². The van der Waals surface area contributed by atoms with Crippen LogP contribution in [0, 0.1) is 12.8 Å². The zero-order valence-corrected chi connectivity index (χ0v) is 11.4. The van der Waals surface area contributed by atoms with Crippen LogP contribution in [0.4, 0.5) is 0 Å². The molecular weight excluding hydrogens is 254 g/mol. The molecule has 0 aliphatic heterocycles. The number of aromatic nitrogens is 1. The molecule has 1 aliphatic rings. The van der Waals surface area contributed by atoms with Gasteiger partial charge in [-0.25, -0.2) is 4.98 Å². The highest BCUT2D eigenvalue weighted by molar-refractivity contribution is 5.70. The molecule has 1 unspecified atom stereocenters. The largest absolute Gasteiger partial charge is 0.481 e. The molecule has 1 heterocycles. The third-order valence-electron chi connectivity index (χ3n) is 3.93. The SMILES string of the molecule is Cc1ccccc1Cc1nc2c(o1)CCC(C(=O)O)C2. The highest BCUT2D eigenvalue weighted by Crippen LogP contribution is 2.27. The number of oxazole rings is 1. The second-order valence-corrected chi connectivity index (χ2v) is 5.36. The van der Waals surface area contributed by atoms with Crippen LogP contribution in [0.2, 0.25) is 0 Å². The Morgan fingerprint density at radius 2 is 2.25 bits per heavy atom. The van der Waals surface area contributed by atoms with E-state index in [0.29, 0.717) is 31.6 Å². The minimum atomic E-state index is -0.737. The molecular formula is C16H17NO3. The van der Waals surface area contributed by atoms with Crippen LogP contribution >= 0.6 is 0 Å². The van der Waals surface area contributed by atoms with Crippen LogP contribution in [0.15, 0.2) is 28.7 Å². The van der Waals surface area contributed by atoms with Crippen molar-refractivity contribution in [2.75, 3.05) is 0 Å². The summed E-state index contributed by atoms with van der Waals surface area (Å²) in [6.45, 7) is 2.07. The van der Waals surface area contributed by atoms with Crippen molar-refractivity contribution in [3.8, 4) is 0 Å². The maximum absolute atomic E-state index is 11.0. The Bertz CT molecular complexity index is 645. The molecule has 20 heavy (non-hydrogen) atoms. The van der Waals surface area contributed by atoms with Crippen LogP contribution in [0.5, 0.6) is 0 Å². The Balaban J connectivity index is 1.81. The van der Waals surface area contributed by atoms with E-state index in [-0.39, 0.29) is 5.92 Å². The standard InChI is InChI=1S/C16H17NO3/c1-10-4-2-3-5-11(10)9-15-17-13-8-12(16(18)19)6-7-14(13)20-15/h2-5,12H,6-9H2,1H3,(H,18,19). The maximum Gasteiger partial charge on any atom is 0.306 e. The fraction of sp³-hybridized carbons (Fsp3) is 0.375. The van der Waals surface area contributed by atoms with Crippen LogP contribution in [0.1, 0.15) is 34.9 Å². The monoisotopic (exact) mass is 271 g/mol. The topological polar surface area (TPSA) is 63.3 Å². The van der Waals surface area contributed by atoms with E-state index in [1.807, 2.05) is 12.1 Å². The van der Waals surface area contributed by atoms with E-state index >= 15 is 0 Å². The van der Waals surface area contributed by atoms with Crippen molar-refractivity contribution in [1.29, 1.82) is 0 Å². The fourth-order valence-electron chi connectivity index (χ4n) is 2.69. The van der Waals surface area contributed by atoms with Gasteiger partial charge in [-0.2, -0.15) is 0 Å². The van der Waals surface area contributed by atoms with E-state index in [1.54, 1.807) is 0 Å². The molecule has 1 aromatic heterocycles. The summed E-state index contributed by atoms with van der Waals surface area (Å²) in [7, 11) is 0. The zero-order valence-electron chi connectivity index (χ0n) is 11.4. The van der Waals surface area contributed by atoms with E-state index in [1.165, 1.54) is 11.1 Å². The summed E-state index contributed by atoms with van der Waals surface area (Å²) in [4.78, 5) is 15.5. The maximum atomic E-state index is 11.0. The average molecular weight is 271 g/mol. The summed E-state index contributed by atoms with van der Waals surface area (Å²) in [6.07, 6.45) is 2.47. The molecule has 2 aromatic rings. The van der Waals surface area contributed by atoms with E-state index in [4.69, 9.17) is 9.52 Å². The van der Waals surface area contributed by atoms with Crippen LogP contribution in [0.3, 0.4) is 0 Å². The van der Waals surface area contributed by atoms with Crippen LogP contribution in [0.25, 0.3) is 0 Å². The van der Waals surface area contributed by atoms with Crippen molar-refractivity contribution in [1.82, 2.24) is 4.98 Å². The van der Waals surface area contributed by atoms with Gasteiger partial charge in [0.05, 0.1) is 11.6 Å². The lowest BCUT2D eigenvalue weighted by Gasteiger charge is -2.15. The number of carboxylic acid groups (broad SMARTS) is 1. The summed E-state index contributed by atoms with van der Waals surface area (Å²) in [5, 5.41) is 9.08. The first-order chi connectivity index (χ1) is 9.63. The second kappa shape index (κ2) is 5.12. The number of carbonyl (C=O) groups is 1. The van der Waals surface area contributed by atoms with Gasteiger partial charge in [-0.15, -0.1) is 0 Å². The molecule has 1 aliphatic carbocycles. The van der Waals surface area contributed by atoms with Crippen molar-refractivity contribution in [2.24, 2.45) is 5.92 Å². The predicted octanol–water partition coefficient (Wildman–Crippen LogP) is 2.76. The third kappa shape index (κ3) is 2.46. The molecule has 0 spiro atoms. The number of aryl methyl sites for hydroxylation is 2. The fourth-order valence-corrected chi connectivity index (χ4v) is 2.69. The van der Waals surface area contributed by atoms with E-state index < -0.39 is 5.97 Å². The lowest BCUT2D eigenvalue weighted by atomic mass is 9.90. The van der Waals surface area contributed by atoms with Gasteiger partial charge in [0.1, 0.15) is 5.76 Å². The first kappa shape index (κ1) is 12.9. The molecule has 0 fully saturated rings. The molecule has 0 saturated heterocycles. The molecule has 0 bridgehead atoms. The van der Waals surface area contributed by atoms with Gasteiger partial charge in [0, 0.05) is 19.3 Å². The van der Waals surface area contributed by atoms with Crippen molar-refractivity contribution in [3.05, 3.63) is 52.7 Å². The lowest BCUT2D eigenvalue weighted by molar-refractivity contribution is -0.142. The Labute approximate surface area is 117 Å². The zero-order chi connectivity index (χ0) is 14.1. The molecule has 4 heteroatoms. The van der Waals surface area contributed by atoms with Crippen LogP contribution in [-0.4, -0.2) is 16.1 Å². The summed E-state index contributed by atoms with van der Waals surface area (Å²) in [6, 6.07) is 8.15. The van der Waals surface area contributed by atoms with Gasteiger partial charge >= 0.3 is 5.97 Å². The average Bonchev–Trinajstić information content (AvgIpc) is 2.82. The summed E-state index contributed by atoms with van der Waals surface area (Å²) < 4.78 is 5.79. The molecule has 0 radical (unpaired) electrons. The Kier molecular flexibility index (Phi) is 3.30. The van der Waals surface area contributed by atoms with Crippen molar-refractivity contribution in [2.45, 2.75) is 32.6 Å². The first-order valence-electron chi connectivity index (χ1n) is 6.88. The molecule has 1 aromatic carbocycles. The number of nitrogens with zero attached hydrogens (tertiary/aromatic N) is 1. The van der Waals surface area contributed by atoms with Gasteiger partial charge in [-0.05, 0) is 24.5 Å². The summed E-state index contributed by atoms with van der Waals surface area (Å²) in [5.41, 5.74) is 3.24. The molecule has 3 rings (SSSR count). The van der Waals surface area contributed by atoms with E-state index in [9.17, 15) is 4.79 Å². The molecule has 1 N–H and O–H groups in total. The number of aliphatic carboxylic acids is 1. The number of carboxylic acids is 1. The lowest BCUT2D eigenvalue weighted by Crippen LogP contribution is -2.21. The minimum absolute atomic E-state index is 0.320. The normalized spacial score (nSPS) is 17.8. The van der Waals surface area contributed by atoms with Gasteiger partial charge in [-0.3, -0.25) is 4.79 Å². The Morgan fingerprint density at radius 1 is 1.45 bits per heavy atom. The second-order valence-electron chi connectivity index (χ2n) is 5.36. The van der Waals surface area contributed by atoms with Crippen LogP contribution in [-0.2, 0) is 24.1 Å². The summed E-state index contributed by atoms with van der Waals surface area (Å²) in [5.74, 6) is 0.499. The van der Waals surface area contributed by atoms with Crippen molar-refractivity contribution >= 4 is 5.97 Å². The third-order valence-corrected chi connectivity index (χ3v) is 3.93. The predicted molar refractivity (Wildman–Crippen MR) is 73.6 cm³/mol. The van der Waals surface area contributed by atoms with Gasteiger partial charge < -0.3 is 9.52 Å². The minimum Gasteiger partial charge on any atom is -0.481 e. The first-order valence-corrected chi connectivity index (χ1v) is 6.88. The van der Waals surface area contributed by atoms with Gasteiger partial charge in [0.2, 0.25) is 0 Å². The molecule has 1 atom stereocenters. The summed E-state index contributed by atoms with van der Waals surface area (Å²) >= 11 is 0. The van der Waals surface area contributed by atoms with Gasteiger partial charge in [0.15, 0.2) is 5.89 Å². The van der Waals surface area contributed by atoms with Gasteiger partial charge in [0.25, 0.3) is 0 Å². The van der Waals surface area contributed by atoms with Crippen molar-refractivity contribution < 1.29 is 14.3 Å². The van der Waals surface area contributed by atoms with Crippen molar-refractivity contribution in [3.63, 3.8) is 0 Å². The highest BCUT2D eigenvalue weighted by Gasteiger charge is 2.28. The highest BCUT2D eigenvalue weighted by atomic mass is 16.4. The van der Waals surface area contributed by atoms with E-state index in [0.717, 1.165) is 11.5 Å². The molecule has 104 valence electrons. The molecule has 4 nitrogen and oxygen atoms in total. The van der Waals surface area contributed by atoms with E-state index in [2.05, 4.69) is 24.0 Å². The molecule has 0 amide bonds. The number of hydrogen-bond acceptors (Lipinski definition) is 3. The number of benzene rings is 1. The molecule has 0 saturated carbocycles. The number of hydrogen-bond donors (Lipinski definition) is 1. The Morgan fingerprint density at radius 3 is 3.00 bits per heavy atom. The Hall–Kier alpha value is -2.10. The quantitative estimate of drug-likeness (QED) is 0.932. The number of fused-ring (bicyclic) bond motifs is 1. The van der Waals surface area contributed by atoms with Crippen LogP contribution < -0.4 is 0 Å². The smallest absolute Gasteiger partial charge is 0.306 e.